The van der Waals surface area contributed by atoms with E-state index in [1.807, 2.05) is 12.1 Å². The van der Waals surface area contributed by atoms with Gasteiger partial charge in [-0.1, -0.05) is 87.4 Å². The SMILES string of the molecule is C=CC(=O)OCCOc1cc(-c2ccc(-c3ccc(C4CCCCC4)cc3)c(CC)c2)ccc1CCO. The maximum atomic E-state index is 11.3. The number of carbonyl (C=O) groups excluding carboxylic acids is 1. The van der Waals surface area contributed by atoms with Crippen molar-refractivity contribution in [2.45, 2.75) is 57.8 Å². The van der Waals surface area contributed by atoms with E-state index in [9.17, 15) is 9.90 Å². The van der Waals surface area contributed by atoms with Gasteiger partial charge in [-0.3, -0.25) is 0 Å². The van der Waals surface area contributed by atoms with Crippen LogP contribution in [0.2, 0.25) is 0 Å². The zero-order chi connectivity index (χ0) is 26.0. The highest BCUT2D eigenvalue weighted by atomic mass is 16.6. The van der Waals surface area contributed by atoms with Crippen LogP contribution < -0.4 is 4.74 Å². The van der Waals surface area contributed by atoms with Gasteiger partial charge in [-0.05, 0) is 76.6 Å². The number of aliphatic hydroxyl groups is 1. The summed E-state index contributed by atoms with van der Waals surface area (Å²) in [4.78, 5) is 11.3. The van der Waals surface area contributed by atoms with Crippen LogP contribution in [0.3, 0.4) is 0 Å². The van der Waals surface area contributed by atoms with Crippen molar-refractivity contribution in [2.75, 3.05) is 19.8 Å². The van der Waals surface area contributed by atoms with Gasteiger partial charge in [0.2, 0.25) is 0 Å². The maximum absolute atomic E-state index is 11.3. The number of hydrogen-bond acceptors (Lipinski definition) is 4. The molecule has 4 heteroatoms. The number of hydrogen-bond donors (Lipinski definition) is 1. The van der Waals surface area contributed by atoms with Gasteiger partial charge in [0.05, 0.1) is 0 Å². The van der Waals surface area contributed by atoms with Crippen LogP contribution in [0.1, 0.15) is 61.6 Å². The second-order valence-electron chi connectivity index (χ2n) is 9.70. The lowest BCUT2D eigenvalue weighted by Gasteiger charge is -2.22. The highest BCUT2D eigenvalue weighted by Crippen LogP contribution is 2.35. The Morgan fingerprint density at radius 2 is 1.62 bits per heavy atom. The lowest BCUT2D eigenvalue weighted by molar-refractivity contribution is -0.138. The Kier molecular flexibility index (Phi) is 9.56. The molecule has 0 atom stereocenters. The normalized spacial score (nSPS) is 13.8. The van der Waals surface area contributed by atoms with Crippen molar-refractivity contribution in [3.8, 4) is 28.0 Å². The molecule has 0 bridgehead atoms. The average molecular weight is 499 g/mol. The zero-order valence-electron chi connectivity index (χ0n) is 21.9. The Hall–Kier alpha value is -3.37. The Bertz CT molecular complexity index is 1190. The molecule has 1 aliphatic carbocycles. The van der Waals surface area contributed by atoms with E-state index in [2.05, 4.69) is 62.0 Å². The Labute approximate surface area is 221 Å². The highest BCUT2D eigenvalue weighted by molar-refractivity contribution is 5.81. The van der Waals surface area contributed by atoms with Crippen LogP contribution in [0.4, 0.5) is 0 Å². The minimum Gasteiger partial charge on any atom is -0.490 e. The molecule has 0 unspecified atom stereocenters. The number of benzene rings is 3. The summed E-state index contributed by atoms with van der Waals surface area (Å²) in [7, 11) is 0. The van der Waals surface area contributed by atoms with Gasteiger partial charge in [0, 0.05) is 12.7 Å². The third-order valence-electron chi connectivity index (χ3n) is 7.32. The molecule has 0 saturated heterocycles. The fourth-order valence-electron chi connectivity index (χ4n) is 5.27. The van der Waals surface area contributed by atoms with Gasteiger partial charge in [0.1, 0.15) is 19.0 Å². The van der Waals surface area contributed by atoms with Crippen LogP contribution in [0.25, 0.3) is 22.3 Å². The van der Waals surface area contributed by atoms with Crippen molar-refractivity contribution < 1.29 is 19.4 Å². The third kappa shape index (κ3) is 6.90. The van der Waals surface area contributed by atoms with Gasteiger partial charge in [0.25, 0.3) is 0 Å². The molecule has 37 heavy (non-hydrogen) atoms. The molecule has 1 aliphatic rings. The number of aliphatic hydroxyl groups excluding tert-OH is 1. The lowest BCUT2D eigenvalue weighted by atomic mass is 9.83. The molecule has 0 aliphatic heterocycles. The van der Waals surface area contributed by atoms with E-state index >= 15 is 0 Å². The first-order valence-electron chi connectivity index (χ1n) is 13.5. The fraction of sp³-hybridized carbons (Fsp3) is 0.364. The maximum Gasteiger partial charge on any atom is 0.330 e. The van der Waals surface area contributed by atoms with Crippen molar-refractivity contribution in [2.24, 2.45) is 0 Å². The van der Waals surface area contributed by atoms with Crippen molar-refractivity contribution in [1.82, 2.24) is 0 Å². The van der Waals surface area contributed by atoms with E-state index < -0.39 is 5.97 Å². The summed E-state index contributed by atoms with van der Waals surface area (Å²) in [5, 5.41) is 9.47. The number of rotatable bonds is 11. The van der Waals surface area contributed by atoms with E-state index in [0.29, 0.717) is 12.2 Å². The second kappa shape index (κ2) is 13.3. The van der Waals surface area contributed by atoms with Gasteiger partial charge in [-0.2, -0.15) is 0 Å². The first-order valence-corrected chi connectivity index (χ1v) is 13.5. The van der Waals surface area contributed by atoms with Crippen molar-refractivity contribution in [3.05, 3.63) is 90.0 Å². The summed E-state index contributed by atoms with van der Waals surface area (Å²) in [6.07, 6.45) is 9.29. The van der Waals surface area contributed by atoms with E-state index in [1.165, 1.54) is 54.4 Å². The Morgan fingerprint density at radius 1 is 0.919 bits per heavy atom. The summed E-state index contributed by atoms with van der Waals surface area (Å²) < 4.78 is 11.0. The topological polar surface area (TPSA) is 55.8 Å². The molecular formula is C33H38O4. The first-order chi connectivity index (χ1) is 18.1. The van der Waals surface area contributed by atoms with Crippen molar-refractivity contribution >= 4 is 5.97 Å². The Balaban J connectivity index is 1.54. The molecule has 0 radical (unpaired) electrons. The minimum absolute atomic E-state index is 0.0371. The highest BCUT2D eigenvalue weighted by Gasteiger charge is 2.16. The third-order valence-corrected chi connectivity index (χ3v) is 7.32. The molecule has 3 aromatic rings. The molecule has 4 rings (SSSR count). The molecule has 4 nitrogen and oxygen atoms in total. The number of ether oxygens (including phenoxy) is 2. The van der Waals surface area contributed by atoms with Crippen LogP contribution >= 0.6 is 0 Å². The molecule has 194 valence electrons. The lowest BCUT2D eigenvalue weighted by Crippen LogP contribution is -2.11. The van der Waals surface area contributed by atoms with Crippen LogP contribution in [-0.4, -0.2) is 30.9 Å². The van der Waals surface area contributed by atoms with E-state index in [0.717, 1.165) is 35.1 Å². The average Bonchev–Trinajstić information content (AvgIpc) is 2.96. The van der Waals surface area contributed by atoms with Gasteiger partial charge in [-0.25, -0.2) is 4.79 Å². The van der Waals surface area contributed by atoms with Gasteiger partial charge >= 0.3 is 5.97 Å². The first kappa shape index (κ1) is 26.7. The van der Waals surface area contributed by atoms with Crippen LogP contribution in [0, 0.1) is 0 Å². The van der Waals surface area contributed by atoms with Crippen molar-refractivity contribution in [1.29, 1.82) is 0 Å². The minimum atomic E-state index is -0.469. The monoisotopic (exact) mass is 498 g/mol. The summed E-state index contributed by atoms with van der Waals surface area (Å²) in [5.41, 5.74) is 8.42. The predicted octanol–water partition coefficient (Wildman–Crippen LogP) is 7.27. The summed E-state index contributed by atoms with van der Waals surface area (Å²) >= 11 is 0. The van der Waals surface area contributed by atoms with Crippen LogP contribution in [0.5, 0.6) is 5.75 Å². The smallest absolute Gasteiger partial charge is 0.330 e. The zero-order valence-corrected chi connectivity index (χ0v) is 21.9. The molecule has 1 N–H and O–H groups in total. The predicted molar refractivity (Wildman–Crippen MR) is 150 cm³/mol. The molecule has 0 amide bonds. The molecule has 3 aromatic carbocycles. The molecule has 0 spiro atoms. The Morgan fingerprint density at radius 3 is 2.32 bits per heavy atom. The molecular weight excluding hydrogens is 460 g/mol. The molecule has 1 saturated carbocycles. The fourth-order valence-corrected chi connectivity index (χ4v) is 5.27. The van der Waals surface area contributed by atoms with E-state index in [-0.39, 0.29) is 19.8 Å². The van der Waals surface area contributed by atoms with E-state index in [4.69, 9.17) is 9.47 Å². The molecule has 1 fully saturated rings. The van der Waals surface area contributed by atoms with Crippen LogP contribution in [0.15, 0.2) is 73.3 Å². The summed E-state index contributed by atoms with van der Waals surface area (Å²) in [6.45, 7) is 6.01. The number of esters is 1. The second-order valence-corrected chi connectivity index (χ2v) is 9.70. The molecule has 0 heterocycles. The van der Waals surface area contributed by atoms with Gasteiger partial charge < -0.3 is 14.6 Å². The molecule has 0 aromatic heterocycles. The van der Waals surface area contributed by atoms with Crippen LogP contribution in [-0.2, 0) is 22.4 Å². The number of aryl methyl sites for hydroxylation is 1. The summed E-state index contributed by atoms with van der Waals surface area (Å²) in [6, 6.07) is 22.0. The van der Waals surface area contributed by atoms with E-state index in [1.54, 1.807) is 0 Å². The largest absolute Gasteiger partial charge is 0.490 e. The summed E-state index contributed by atoms with van der Waals surface area (Å²) in [5.74, 6) is 0.945. The van der Waals surface area contributed by atoms with Gasteiger partial charge in [0.15, 0.2) is 0 Å². The van der Waals surface area contributed by atoms with Gasteiger partial charge in [-0.15, -0.1) is 0 Å². The van der Waals surface area contributed by atoms with Crippen molar-refractivity contribution in [3.63, 3.8) is 0 Å². The number of carbonyl (C=O) groups is 1. The standard InChI is InChI=1S/C33H38O4/c1-3-24-22-29(16-17-31(24)27-12-10-26(11-13-27)25-8-6-5-7-9-25)30-15-14-28(18-19-34)32(23-30)36-20-21-37-33(35)4-2/h4,10-17,22-23,25,34H,2-3,5-9,18-21H2,1H3. The quantitative estimate of drug-likeness (QED) is 0.172.